The summed E-state index contributed by atoms with van der Waals surface area (Å²) < 4.78 is 0. The molecule has 2 aliphatic carbocycles. The minimum atomic E-state index is -0.138. The number of carbonyl (C=O) groups is 1. The van der Waals surface area contributed by atoms with Gasteiger partial charge in [0.1, 0.15) is 0 Å². The van der Waals surface area contributed by atoms with E-state index in [4.69, 9.17) is 0 Å². The molecule has 0 spiro atoms. The molecule has 22 heavy (non-hydrogen) atoms. The summed E-state index contributed by atoms with van der Waals surface area (Å²) in [4.78, 5) is 16.8. The predicted octanol–water partition coefficient (Wildman–Crippen LogP) is 2.55. The molecule has 3 aliphatic rings. The Balaban J connectivity index is 1.60. The van der Waals surface area contributed by atoms with Gasteiger partial charge in [-0.15, -0.1) is 0 Å². The summed E-state index contributed by atoms with van der Waals surface area (Å²) in [7, 11) is 0. The molecule has 1 amide bonds. The minimum Gasteiger partial charge on any atom is -0.391 e. The Labute approximate surface area is 134 Å². The minimum absolute atomic E-state index is 0.138. The SMILES string of the molecule is CC(=O)N(C1CCC1)C1CCCN(C2CCCCC2O)CC1. The van der Waals surface area contributed by atoms with Gasteiger partial charge in [0.05, 0.1) is 6.10 Å². The number of amides is 1. The molecule has 3 rings (SSSR count). The van der Waals surface area contributed by atoms with Crippen LogP contribution in [0, 0.1) is 0 Å². The van der Waals surface area contributed by atoms with Crippen LogP contribution in [0.15, 0.2) is 0 Å². The molecule has 1 aliphatic heterocycles. The predicted molar refractivity (Wildman–Crippen MR) is 87.6 cm³/mol. The largest absolute Gasteiger partial charge is 0.391 e. The van der Waals surface area contributed by atoms with E-state index in [1.807, 2.05) is 0 Å². The van der Waals surface area contributed by atoms with Crippen LogP contribution in [0.4, 0.5) is 0 Å². The smallest absolute Gasteiger partial charge is 0.219 e. The van der Waals surface area contributed by atoms with E-state index in [1.54, 1.807) is 6.92 Å². The van der Waals surface area contributed by atoms with E-state index in [9.17, 15) is 9.90 Å². The molecule has 3 fully saturated rings. The molecule has 1 heterocycles. The number of carbonyl (C=O) groups excluding carboxylic acids is 1. The van der Waals surface area contributed by atoms with Crippen LogP contribution in [-0.4, -0.2) is 58.1 Å². The highest BCUT2D eigenvalue weighted by Gasteiger charge is 2.35. The maximum Gasteiger partial charge on any atom is 0.219 e. The van der Waals surface area contributed by atoms with E-state index in [2.05, 4.69) is 9.80 Å². The van der Waals surface area contributed by atoms with Crippen molar-refractivity contribution in [1.29, 1.82) is 0 Å². The first kappa shape index (κ1) is 16.3. The lowest BCUT2D eigenvalue weighted by Crippen LogP contribution is -2.50. The molecule has 1 saturated heterocycles. The van der Waals surface area contributed by atoms with Crippen molar-refractivity contribution in [2.24, 2.45) is 0 Å². The first-order valence-electron chi connectivity index (χ1n) is 9.38. The summed E-state index contributed by atoms with van der Waals surface area (Å²) in [6.07, 6.45) is 11.4. The summed E-state index contributed by atoms with van der Waals surface area (Å²) in [5.74, 6) is 0.265. The zero-order valence-corrected chi connectivity index (χ0v) is 14.0. The van der Waals surface area contributed by atoms with Gasteiger partial charge in [-0.25, -0.2) is 0 Å². The second-order valence-corrected chi connectivity index (χ2v) is 7.55. The Morgan fingerprint density at radius 1 is 0.909 bits per heavy atom. The average molecular weight is 308 g/mol. The summed E-state index contributed by atoms with van der Waals surface area (Å²) in [6.45, 7) is 3.88. The van der Waals surface area contributed by atoms with Gasteiger partial charge in [0, 0.05) is 31.6 Å². The van der Waals surface area contributed by atoms with E-state index in [0.29, 0.717) is 18.1 Å². The molecule has 0 radical (unpaired) electrons. The van der Waals surface area contributed by atoms with Gasteiger partial charge < -0.3 is 10.0 Å². The van der Waals surface area contributed by atoms with Crippen LogP contribution in [0.3, 0.4) is 0 Å². The number of nitrogens with zero attached hydrogens (tertiary/aromatic N) is 2. The van der Waals surface area contributed by atoms with Crippen molar-refractivity contribution >= 4 is 5.91 Å². The lowest BCUT2D eigenvalue weighted by molar-refractivity contribution is -0.136. The lowest BCUT2D eigenvalue weighted by atomic mass is 9.89. The van der Waals surface area contributed by atoms with Crippen molar-refractivity contribution in [3.8, 4) is 0 Å². The molecule has 0 bridgehead atoms. The number of hydrogen-bond donors (Lipinski definition) is 1. The van der Waals surface area contributed by atoms with Gasteiger partial charge in [-0.05, 0) is 57.9 Å². The normalized spacial score (nSPS) is 34.7. The zero-order chi connectivity index (χ0) is 15.5. The molecule has 1 N–H and O–H groups in total. The second-order valence-electron chi connectivity index (χ2n) is 7.55. The van der Waals surface area contributed by atoms with Gasteiger partial charge in [0.25, 0.3) is 0 Å². The number of aliphatic hydroxyl groups is 1. The number of rotatable bonds is 3. The van der Waals surface area contributed by atoms with E-state index in [0.717, 1.165) is 45.2 Å². The van der Waals surface area contributed by atoms with E-state index >= 15 is 0 Å². The molecule has 3 atom stereocenters. The van der Waals surface area contributed by atoms with Crippen molar-refractivity contribution in [1.82, 2.24) is 9.80 Å². The van der Waals surface area contributed by atoms with Crippen LogP contribution in [0.1, 0.15) is 71.1 Å². The highest BCUT2D eigenvalue weighted by atomic mass is 16.3. The van der Waals surface area contributed by atoms with Gasteiger partial charge in [-0.1, -0.05) is 12.8 Å². The van der Waals surface area contributed by atoms with Crippen molar-refractivity contribution < 1.29 is 9.90 Å². The van der Waals surface area contributed by atoms with Gasteiger partial charge in [-0.2, -0.15) is 0 Å². The second kappa shape index (κ2) is 7.31. The third-order valence-electron chi connectivity index (χ3n) is 6.12. The highest BCUT2D eigenvalue weighted by Crippen LogP contribution is 2.31. The fraction of sp³-hybridized carbons (Fsp3) is 0.944. The first-order chi connectivity index (χ1) is 10.7. The fourth-order valence-electron chi connectivity index (χ4n) is 4.71. The molecular formula is C18H32N2O2. The number of aliphatic hydroxyl groups excluding tert-OH is 1. The molecule has 126 valence electrons. The maximum absolute atomic E-state index is 12.1. The van der Waals surface area contributed by atoms with Crippen LogP contribution in [-0.2, 0) is 4.79 Å². The molecule has 4 heteroatoms. The van der Waals surface area contributed by atoms with Crippen molar-refractivity contribution in [2.45, 2.75) is 95.4 Å². The summed E-state index contributed by atoms with van der Waals surface area (Å²) in [6, 6.07) is 1.30. The van der Waals surface area contributed by atoms with Crippen LogP contribution in [0.25, 0.3) is 0 Å². The monoisotopic (exact) mass is 308 g/mol. The van der Waals surface area contributed by atoms with Gasteiger partial charge in [-0.3, -0.25) is 9.69 Å². The first-order valence-corrected chi connectivity index (χ1v) is 9.38. The molecule has 4 nitrogen and oxygen atoms in total. The number of hydrogen-bond acceptors (Lipinski definition) is 3. The Morgan fingerprint density at radius 2 is 1.59 bits per heavy atom. The standard InChI is InChI=1S/C18H32N2O2/c1-14(21)20(15-6-4-7-15)16-8-5-12-19(13-11-16)17-9-2-3-10-18(17)22/h15-18,22H,2-13H2,1H3. The summed E-state index contributed by atoms with van der Waals surface area (Å²) >= 11 is 0. The highest BCUT2D eigenvalue weighted by molar-refractivity contribution is 5.74. The van der Waals surface area contributed by atoms with E-state index in [-0.39, 0.29) is 12.0 Å². The van der Waals surface area contributed by atoms with Crippen LogP contribution >= 0.6 is 0 Å². The summed E-state index contributed by atoms with van der Waals surface area (Å²) in [5, 5.41) is 10.3. The Hall–Kier alpha value is -0.610. The number of likely N-dealkylation sites (tertiary alicyclic amines) is 1. The van der Waals surface area contributed by atoms with Crippen LogP contribution in [0.5, 0.6) is 0 Å². The van der Waals surface area contributed by atoms with Crippen molar-refractivity contribution in [3.63, 3.8) is 0 Å². The Bertz CT molecular complexity index is 383. The topological polar surface area (TPSA) is 43.8 Å². The van der Waals surface area contributed by atoms with Crippen molar-refractivity contribution in [2.75, 3.05) is 13.1 Å². The molecular weight excluding hydrogens is 276 g/mol. The fourth-order valence-corrected chi connectivity index (χ4v) is 4.71. The van der Waals surface area contributed by atoms with E-state index in [1.165, 1.54) is 32.1 Å². The Kier molecular flexibility index (Phi) is 5.40. The van der Waals surface area contributed by atoms with E-state index < -0.39 is 0 Å². The summed E-state index contributed by atoms with van der Waals surface area (Å²) in [5.41, 5.74) is 0. The lowest BCUT2D eigenvalue weighted by Gasteiger charge is -2.42. The third-order valence-corrected chi connectivity index (χ3v) is 6.12. The third kappa shape index (κ3) is 3.48. The van der Waals surface area contributed by atoms with Crippen molar-refractivity contribution in [3.05, 3.63) is 0 Å². The molecule has 0 aromatic heterocycles. The van der Waals surface area contributed by atoms with Gasteiger partial charge >= 0.3 is 0 Å². The maximum atomic E-state index is 12.1. The van der Waals surface area contributed by atoms with Gasteiger partial charge in [0.2, 0.25) is 5.91 Å². The molecule has 3 unspecified atom stereocenters. The van der Waals surface area contributed by atoms with Gasteiger partial charge in [0.15, 0.2) is 0 Å². The molecule has 2 saturated carbocycles. The Morgan fingerprint density at radius 3 is 2.23 bits per heavy atom. The zero-order valence-electron chi connectivity index (χ0n) is 14.0. The molecule has 0 aromatic rings. The van der Waals surface area contributed by atoms with Crippen LogP contribution in [0.2, 0.25) is 0 Å². The van der Waals surface area contributed by atoms with Crippen LogP contribution < -0.4 is 0 Å². The average Bonchev–Trinajstić information content (AvgIpc) is 2.68. The quantitative estimate of drug-likeness (QED) is 0.871. The molecule has 0 aromatic carbocycles.